The number of aryl methyl sites for hydroxylation is 1. The molecule has 5 heteroatoms. The maximum Gasteiger partial charge on any atom is 0.266 e. The van der Waals surface area contributed by atoms with E-state index in [2.05, 4.69) is 0 Å². The number of carbonyl (C=O) groups excluding carboxylic acids is 1. The van der Waals surface area contributed by atoms with Crippen LogP contribution in [0.5, 0.6) is 0 Å². The minimum Gasteiger partial charge on any atom is -0.274 e. The Bertz CT molecular complexity index is 519. The molecule has 0 saturated carbocycles. The van der Waals surface area contributed by atoms with Crippen molar-refractivity contribution in [3.8, 4) is 0 Å². The molecule has 92 valence electrons. The molecule has 1 aliphatic heterocycles. The third kappa shape index (κ3) is 2.34. The number of benzene rings is 1. The molecule has 0 N–H and O–H groups in total. The van der Waals surface area contributed by atoms with Crippen molar-refractivity contribution in [2.45, 2.75) is 31.1 Å². The van der Waals surface area contributed by atoms with Crippen molar-refractivity contribution in [2.75, 3.05) is 6.54 Å². The van der Waals surface area contributed by atoms with E-state index in [1.807, 2.05) is 6.92 Å². The maximum atomic E-state index is 12.2. The largest absolute Gasteiger partial charge is 0.274 e. The van der Waals surface area contributed by atoms with Gasteiger partial charge in [-0.05, 0) is 31.9 Å². The van der Waals surface area contributed by atoms with Gasteiger partial charge in [0.2, 0.25) is 5.91 Å². The highest BCUT2D eigenvalue weighted by Crippen LogP contribution is 2.21. The van der Waals surface area contributed by atoms with Crippen molar-refractivity contribution < 1.29 is 13.2 Å². The van der Waals surface area contributed by atoms with Gasteiger partial charge in [0.1, 0.15) is 0 Å². The van der Waals surface area contributed by atoms with Gasteiger partial charge in [0.25, 0.3) is 10.0 Å². The van der Waals surface area contributed by atoms with Crippen LogP contribution < -0.4 is 0 Å². The zero-order chi connectivity index (χ0) is 12.5. The van der Waals surface area contributed by atoms with Crippen molar-refractivity contribution in [3.63, 3.8) is 0 Å². The molecule has 0 radical (unpaired) electrons. The first-order chi connectivity index (χ1) is 8.01. The van der Waals surface area contributed by atoms with Crippen LogP contribution >= 0.6 is 0 Å². The number of rotatable bonds is 2. The van der Waals surface area contributed by atoms with Crippen molar-refractivity contribution in [1.82, 2.24) is 4.31 Å². The quantitative estimate of drug-likeness (QED) is 0.806. The molecule has 1 heterocycles. The minimum atomic E-state index is -3.64. The number of amides is 1. The molecule has 0 unspecified atom stereocenters. The monoisotopic (exact) mass is 253 g/mol. The highest BCUT2D eigenvalue weighted by molar-refractivity contribution is 7.89. The van der Waals surface area contributed by atoms with E-state index in [-0.39, 0.29) is 10.8 Å². The van der Waals surface area contributed by atoms with E-state index in [4.69, 9.17) is 0 Å². The molecular formula is C12H15NO3S. The maximum absolute atomic E-state index is 12.2. The van der Waals surface area contributed by atoms with Crippen LogP contribution in [0.4, 0.5) is 0 Å². The summed E-state index contributed by atoms with van der Waals surface area (Å²) in [6.07, 6.45) is 1.85. The van der Waals surface area contributed by atoms with Gasteiger partial charge in [-0.1, -0.05) is 17.7 Å². The molecule has 0 bridgehead atoms. The minimum absolute atomic E-state index is 0.193. The molecule has 1 aromatic rings. The van der Waals surface area contributed by atoms with Crippen LogP contribution in [0.3, 0.4) is 0 Å². The number of hydrogen-bond donors (Lipinski definition) is 0. The molecule has 0 atom stereocenters. The zero-order valence-electron chi connectivity index (χ0n) is 9.72. The van der Waals surface area contributed by atoms with Crippen LogP contribution in [0.25, 0.3) is 0 Å². The van der Waals surface area contributed by atoms with Crippen LogP contribution in [0.15, 0.2) is 29.2 Å². The molecule has 0 aliphatic carbocycles. The second-order valence-electron chi connectivity index (χ2n) is 4.24. The number of hydrogen-bond acceptors (Lipinski definition) is 3. The van der Waals surface area contributed by atoms with Crippen LogP contribution in [-0.4, -0.2) is 25.2 Å². The predicted octanol–water partition coefficient (Wildman–Crippen LogP) is 1.70. The lowest BCUT2D eigenvalue weighted by Crippen LogP contribution is -2.40. The molecule has 17 heavy (non-hydrogen) atoms. The zero-order valence-corrected chi connectivity index (χ0v) is 10.5. The van der Waals surface area contributed by atoms with E-state index in [0.29, 0.717) is 13.0 Å². The van der Waals surface area contributed by atoms with Crippen LogP contribution in [-0.2, 0) is 14.8 Å². The fourth-order valence-corrected chi connectivity index (χ4v) is 3.34. The van der Waals surface area contributed by atoms with Gasteiger partial charge < -0.3 is 0 Å². The molecule has 1 saturated heterocycles. The Morgan fingerprint density at radius 1 is 1.12 bits per heavy atom. The van der Waals surface area contributed by atoms with Gasteiger partial charge in [0.15, 0.2) is 0 Å². The topological polar surface area (TPSA) is 54.5 Å². The molecule has 4 nitrogen and oxygen atoms in total. The Morgan fingerprint density at radius 2 is 1.76 bits per heavy atom. The number of carbonyl (C=O) groups is 1. The lowest BCUT2D eigenvalue weighted by molar-refractivity contribution is -0.128. The molecule has 1 amide bonds. The Labute approximate surface area is 101 Å². The third-order valence-electron chi connectivity index (χ3n) is 2.89. The summed E-state index contributed by atoms with van der Waals surface area (Å²) < 4.78 is 25.4. The highest BCUT2D eigenvalue weighted by atomic mass is 32.2. The standard InChI is InChI=1S/C12H15NO3S/c1-10-5-7-11(8-6-10)17(15,16)13-9-3-2-4-12(13)14/h5-8H,2-4,9H2,1H3. The first-order valence-electron chi connectivity index (χ1n) is 5.64. The molecular weight excluding hydrogens is 238 g/mol. The summed E-state index contributed by atoms with van der Waals surface area (Å²) in [5, 5.41) is 0. The summed E-state index contributed by atoms with van der Waals surface area (Å²) in [4.78, 5) is 11.8. The van der Waals surface area contributed by atoms with Crippen LogP contribution in [0, 0.1) is 6.92 Å². The highest BCUT2D eigenvalue weighted by Gasteiger charge is 2.30. The summed E-state index contributed by atoms with van der Waals surface area (Å²) in [5.41, 5.74) is 0.994. The summed E-state index contributed by atoms with van der Waals surface area (Å²) in [6, 6.07) is 6.57. The van der Waals surface area contributed by atoms with Gasteiger partial charge >= 0.3 is 0 Å². The average molecular weight is 253 g/mol. The lowest BCUT2D eigenvalue weighted by atomic mass is 10.2. The summed E-state index contributed by atoms with van der Waals surface area (Å²) in [6.45, 7) is 2.19. The Hall–Kier alpha value is -1.36. The van der Waals surface area contributed by atoms with Crippen LogP contribution in [0.2, 0.25) is 0 Å². The van der Waals surface area contributed by atoms with E-state index in [1.54, 1.807) is 24.3 Å². The van der Waals surface area contributed by atoms with Gasteiger partial charge in [-0.25, -0.2) is 12.7 Å². The second kappa shape index (κ2) is 4.49. The van der Waals surface area contributed by atoms with Crippen molar-refractivity contribution in [1.29, 1.82) is 0 Å². The van der Waals surface area contributed by atoms with E-state index >= 15 is 0 Å². The van der Waals surface area contributed by atoms with Gasteiger partial charge in [-0.3, -0.25) is 4.79 Å². The fraction of sp³-hybridized carbons (Fsp3) is 0.417. The van der Waals surface area contributed by atoms with Gasteiger partial charge in [-0.2, -0.15) is 0 Å². The molecule has 1 fully saturated rings. The normalized spacial score (nSPS) is 17.2. The summed E-state index contributed by atoms with van der Waals surface area (Å²) in [5.74, 6) is -0.295. The molecule has 1 aliphatic rings. The van der Waals surface area contributed by atoms with Gasteiger partial charge in [-0.15, -0.1) is 0 Å². The van der Waals surface area contributed by atoms with Crippen molar-refractivity contribution in [3.05, 3.63) is 29.8 Å². The third-order valence-corrected chi connectivity index (χ3v) is 4.72. The first kappa shape index (κ1) is 12.1. The SMILES string of the molecule is Cc1ccc(S(=O)(=O)N2CCCCC2=O)cc1. The van der Waals surface area contributed by atoms with Crippen molar-refractivity contribution >= 4 is 15.9 Å². The number of piperidine rings is 1. The molecule has 0 spiro atoms. The second-order valence-corrected chi connectivity index (χ2v) is 6.10. The van der Waals surface area contributed by atoms with Gasteiger partial charge in [0, 0.05) is 13.0 Å². The van der Waals surface area contributed by atoms with E-state index in [9.17, 15) is 13.2 Å². The average Bonchev–Trinajstić information content (AvgIpc) is 2.30. The molecule has 0 aromatic heterocycles. The van der Waals surface area contributed by atoms with E-state index in [0.717, 1.165) is 22.7 Å². The number of nitrogens with zero attached hydrogens (tertiary/aromatic N) is 1. The Balaban J connectivity index is 2.35. The van der Waals surface area contributed by atoms with Gasteiger partial charge in [0.05, 0.1) is 4.90 Å². The molecule has 1 aromatic carbocycles. The Morgan fingerprint density at radius 3 is 2.35 bits per heavy atom. The van der Waals surface area contributed by atoms with E-state index < -0.39 is 10.0 Å². The molecule has 2 rings (SSSR count). The predicted molar refractivity (Wildman–Crippen MR) is 63.9 cm³/mol. The van der Waals surface area contributed by atoms with Crippen molar-refractivity contribution in [2.24, 2.45) is 0 Å². The van der Waals surface area contributed by atoms with Crippen LogP contribution in [0.1, 0.15) is 24.8 Å². The summed E-state index contributed by atoms with van der Waals surface area (Å²) in [7, 11) is -3.64. The lowest BCUT2D eigenvalue weighted by Gasteiger charge is -2.26. The fourth-order valence-electron chi connectivity index (χ4n) is 1.87. The smallest absolute Gasteiger partial charge is 0.266 e. The van der Waals surface area contributed by atoms with E-state index in [1.165, 1.54) is 0 Å². The Kier molecular flexibility index (Phi) is 3.19. The first-order valence-corrected chi connectivity index (χ1v) is 7.08. The summed E-state index contributed by atoms with van der Waals surface area (Å²) >= 11 is 0. The number of sulfonamides is 1.